The Hall–Kier alpha value is -1.22. The second-order valence-electron chi connectivity index (χ2n) is 3.84. The molecule has 3 nitrogen and oxygen atoms in total. The smallest absolute Gasteiger partial charge is 0.119 e. The van der Waals surface area contributed by atoms with Crippen molar-refractivity contribution in [1.29, 1.82) is 0 Å². The van der Waals surface area contributed by atoms with Gasteiger partial charge in [0.1, 0.15) is 18.1 Å². The van der Waals surface area contributed by atoms with Crippen LogP contribution in [0.2, 0.25) is 0 Å². The molecule has 0 radical (unpaired) electrons. The molecule has 1 atom stereocenters. The summed E-state index contributed by atoms with van der Waals surface area (Å²) in [5, 5.41) is 3.38. The van der Waals surface area contributed by atoms with Gasteiger partial charge in [-0.25, -0.2) is 0 Å². The summed E-state index contributed by atoms with van der Waals surface area (Å²) in [4.78, 5) is 0. The SMILES string of the molecule is CCCNC(C)COc1ccc(OC)cc1. The third-order valence-electron chi connectivity index (χ3n) is 2.30. The molecule has 0 aromatic heterocycles. The van der Waals surface area contributed by atoms with E-state index in [9.17, 15) is 0 Å². The van der Waals surface area contributed by atoms with Crippen molar-refractivity contribution < 1.29 is 9.47 Å². The van der Waals surface area contributed by atoms with Gasteiger partial charge >= 0.3 is 0 Å². The van der Waals surface area contributed by atoms with Crippen molar-refractivity contribution in [3.8, 4) is 11.5 Å². The van der Waals surface area contributed by atoms with Gasteiger partial charge in [-0.1, -0.05) is 6.92 Å². The van der Waals surface area contributed by atoms with Crippen LogP contribution < -0.4 is 14.8 Å². The fraction of sp³-hybridized carbons (Fsp3) is 0.538. The summed E-state index contributed by atoms with van der Waals surface area (Å²) in [6, 6.07) is 8.03. The molecular formula is C13H21NO2. The van der Waals surface area contributed by atoms with E-state index in [0.29, 0.717) is 12.6 Å². The number of benzene rings is 1. The maximum Gasteiger partial charge on any atom is 0.119 e. The van der Waals surface area contributed by atoms with E-state index in [1.807, 2.05) is 24.3 Å². The van der Waals surface area contributed by atoms with Crippen LogP contribution >= 0.6 is 0 Å². The fourth-order valence-electron chi connectivity index (χ4n) is 1.34. The average Bonchev–Trinajstić information content (AvgIpc) is 2.34. The van der Waals surface area contributed by atoms with Gasteiger partial charge in [0.25, 0.3) is 0 Å². The molecule has 1 aromatic rings. The third kappa shape index (κ3) is 4.53. The summed E-state index contributed by atoms with van der Waals surface area (Å²) in [7, 11) is 1.66. The maximum atomic E-state index is 5.65. The first-order chi connectivity index (χ1) is 7.76. The number of hydrogen-bond donors (Lipinski definition) is 1. The van der Waals surface area contributed by atoms with Gasteiger partial charge in [0, 0.05) is 6.04 Å². The van der Waals surface area contributed by atoms with E-state index in [-0.39, 0.29) is 0 Å². The predicted octanol–water partition coefficient (Wildman–Crippen LogP) is 2.46. The second kappa shape index (κ2) is 7.12. The number of ether oxygens (including phenoxy) is 2. The molecule has 0 spiro atoms. The number of hydrogen-bond acceptors (Lipinski definition) is 3. The van der Waals surface area contributed by atoms with Gasteiger partial charge < -0.3 is 14.8 Å². The molecule has 1 N–H and O–H groups in total. The first kappa shape index (κ1) is 12.8. The number of rotatable bonds is 7. The van der Waals surface area contributed by atoms with Crippen LogP contribution in [0.3, 0.4) is 0 Å². The molecule has 16 heavy (non-hydrogen) atoms. The summed E-state index contributed by atoms with van der Waals surface area (Å²) >= 11 is 0. The molecule has 0 amide bonds. The highest BCUT2D eigenvalue weighted by Crippen LogP contribution is 2.16. The number of nitrogens with one attached hydrogen (secondary N) is 1. The van der Waals surface area contributed by atoms with Crippen LogP contribution in [0.1, 0.15) is 20.3 Å². The molecule has 0 saturated carbocycles. The molecule has 0 aliphatic heterocycles. The summed E-state index contributed by atoms with van der Waals surface area (Å²) in [5.74, 6) is 1.73. The minimum absolute atomic E-state index is 0.377. The molecule has 0 fully saturated rings. The molecule has 0 bridgehead atoms. The lowest BCUT2D eigenvalue weighted by molar-refractivity contribution is 0.273. The van der Waals surface area contributed by atoms with Gasteiger partial charge in [0.2, 0.25) is 0 Å². The normalized spacial score (nSPS) is 12.2. The molecule has 0 aliphatic rings. The van der Waals surface area contributed by atoms with Crippen molar-refractivity contribution in [2.75, 3.05) is 20.3 Å². The van der Waals surface area contributed by atoms with E-state index in [2.05, 4.69) is 19.2 Å². The highest BCUT2D eigenvalue weighted by atomic mass is 16.5. The minimum Gasteiger partial charge on any atom is -0.497 e. The Balaban J connectivity index is 2.30. The van der Waals surface area contributed by atoms with E-state index in [4.69, 9.17) is 9.47 Å². The number of methoxy groups -OCH3 is 1. The Morgan fingerprint density at radius 2 is 1.81 bits per heavy atom. The molecule has 1 rings (SSSR count). The van der Waals surface area contributed by atoms with E-state index in [1.54, 1.807) is 7.11 Å². The second-order valence-corrected chi connectivity index (χ2v) is 3.84. The van der Waals surface area contributed by atoms with E-state index < -0.39 is 0 Å². The van der Waals surface area contributed by atoms with Crippen LogP contribution in [0.5, 0.6) is 11.5 Å². The Labute approximate surface area is 97.8 Å². The lowest BCUT2D eigenvalue weighted by Gasteiger charge is -2.14. The standard InChI is InChI=1S/C13H21NO2/c1-4-9-14-11(2)10-16-13-7-5-12(15-3)6-8-13/h5-8,11,14H,4,9-10H2,1-3H3. The zero-order valence-electron chi connectivity index (χ0n) is 10.3. The summed E-state index contributed by atoms with van der Waals surface area (Å²) in [6.45, 7) is 6.00. The van der Waals surface area contributed by atoms with E-state index >= 15 is 0 Å². The van der Waals surface area contributed by atoms with Crippen molar-refractivity contribution in [2.45, 2.75) is 26.3 Å². The van der Waals surface area contributed by atoms with Crippen LogP contribution in [-0.2, 0) is 0 Å². The van der Waals surface area contributed by atoms with Crippen LogP contribution in [-0.4, -0.2) is 26.3 Å². The fourth-order valence-corrected chi connectivity index (χ4v) is 1.34. The van der Waals surface area contributed by atoms with Crippen LogP contribution in [0.4, 0.5) is 0 Å². The summed E-state index contributed by atoms with van der Waals surface area (Å²) < 4.78 is 10.7. The molecule has 0 heterocycles. The quantitative estimate of drug-likeness (QED) is 0.770. The molecule has 3 heteroatoms. The van der Waals surface area contributed by atoms with Crippen molar-refractivity contribution in [2.24, 2.45) is 0 Å². The van der Waals surface area contributed by atoms with Crippen LogP contribution in [0, 0.1) is 0 Å². The van der Waals surface area contributed by atoms with Crippen molar-refractivity contribution in [3.05, 3.63) is 24.3 Å². The molecule has 90 valence electrons. The van der Waals surface area contributed by atoms with Crippen molar-refractivity contribution >= 4 is 0 Å². The zero-order valence-corrected chi connectivity index (χ0v) is 10.3. The third-order valence-corrected chi connectivity index (χ3v) is 2.30. The van der Waals surface area contributed by atoms with Gasteiger partial charge in [-0.15, -0.1) is 0 Å². The largest absolute Gasteiger partial charge is 0.497 e. The highest BCUT2D eigenvalue weighted by molar-refractivity contribution is 5.31. The Morgan fingerprint density at radius 3 is 2.38 bits per heavy atom. The minimum atomic E-state index is 0.377. The Bertz CT molecular complexity index is 284. The van der Waals surface area contributed by atoms with Gasteiger partial charge in [-0.05, 0) is 44.2 Å². The van der Waals surface area contributed by atoms with Crippen LogP contribution in [0.15, 0.2) is 24.3 Å². The van der Waals surface area contributed by atoms with E-state index in [0.717, 1.165) is 24.5 Å². The highest BCUT2D eigenvalue weighted by Gasteiger charge is 2.01. The van der Waals surface area contributed by atoms with E-state index in [1.165, 1.54) is 0 Å². The Kier molecular flexibility index (Phi) is 5.72. The molecule has 1 unspecified atom stereocenters. The first-order valence-electron chi connectivity index (χ1n) is 5.76. The predicted molar refractivity (Wildman–Crippen MR) is 66.2 cm³/mol. The topological polar surface area (TPSA) is 30.5 Å². The molecular weight excluding hydrogens is 202 g/mol. The molecule has 0 aliphatic carbocycles. The van der Waals surface area contributed by atoms with Crippen molar-refractivity contribution in [1.82, 2.24) is 5.32 Å². The Morgan fingerprint density at radius 1 is 1.19 bits per heavy atom. The summed E-state index contributed by atoms with van der Waals surface area (Å²) in [6.07, 6.45) is 1.15. The van der Waals surface area contributed by atoms with Crippen LogP contribution in [0.25, 0.3) is 0 Å². The average molecular weight is 223 g/mol. The molecule has 0 saturated heterocycles. The van der Waals surface area contributed by atoms with Crippen molar-refractivity contribution in [3.63, 3.8) is 0 Å². The lowest BCUT2D eigenvalue weighted by atomic mass is 10.3. The summed E-state index contributed by atoms with van der Waals surface area (Å²) in [5.41, 5.74) is 0. The van der Waals surface area contributed by atoms with Gasteiger partial charge in [-0.3, -0.25) is 0 Å². The van der Waals surface area contributed by atoms with Gasteiger partial charge in [-0.2, -0.15) is 0 Å². The molecule has 1 aromatic carbocycles. The van der Waals surface area contributed by atoms with Gasteiger partial charge in [0.15, 0.2) is 0 Å². The van der Waals surface area contributed by atoms with Gasteiger partial charge in [0.05, 0.1) is 7.11 Å². The monoisotopic (exact) mass is 223 g/mol. The zero-order chi connectivity index (χ0) is 11.8. The lowest BCUT2D eigenvalue weighted by Crippen LogP contribution is -2.32. The first-order valence-corrected chi connectivity index (χ1v) is 5.76. The maximum absolute atomic E-state index is 5.65.